The summed E-state index contributed by atoms with van der Waals surface area (Å²) in [4.78, 5) is 15.2. The van der Waals surface area contributed by atoms with Crippen LogP contribution in [0.4, 0.5) is 0 Å². The fourth-order valence-corrected chi connectivity index (χ4v) is 2.63. The first-order chi connectivity index (χ1) is 12.6. The van der Waals surface area contributed by atoms with Gasteiger partial charge in [0.2, 0.25) is 5.89 Å². The summed E-state index contributed by atoms with van der Waals surface area (Å²) in [5.41, 5.74) is 5.30. The van der Waals surface area contributed by atoms with E-state index in [1.165, 1.54) is 11.1 Å². The lowest BCUT2D eigenvalue weighted by atomic mass is 10.1. The molecule has 0 aliphatic heterocycles. The minimum absolute atomic E-state index is 0.588. The fourth-order valence-electron chi connectivity index (χ4n) is 2.63. The van der Waals surface area contributed by atoms with E-state index in [0.717, 1.165) is 36.9 Å². The standard InChI is InChI=1S/C16H13NO2.C5H13NO/c1-10-5-11(2)7-13(6-10)16-17-14-4-3-12(9-18)8-15(14)19-16;1-6-4-3-5-7-2/h3-9H,1-2H3;6H,3-5H2,1-2H3. The van der Waals surface area contributed by atoms with E-state index in [2.05, 4.69) is 16.4 Å². The number of carbonyl (C=O) groups is 1. The smallest absolute Gasteiger partial charge is 0.227 e. The van der Waals surface area contributed by atoms with Crippen LogP contribution >= 0.6 is 0 Å². The molecule has 0 fully saturated rings. The van der Waals surface area contributed by atoms with Crippen LogP contribution in [0.2, 0.25) is 0 Å². The Kier molecular flexibility index (Phi) is 7.51. The molecule has 3 aromatic rings. The Hall–Kier alpha value is -2.50. The molecule has 0 bridgehead atoms. The first-order valence-electron chi connectivity index (χ1n) is 8.65. The first-order valence-corrected chi connectivity index (χ1v) is 8.65. The SMILES string of the molecule is CNCCCOC.Cc1cc(C)cc(-c2nc3ccc(C=O)cc3o2)c1. The molecule has 0 atom stereocenters. The molecule has 2 aromatic carbocycles. The van der Waals surface area contributed by atoms with E-state index >= 15 is 0 Å². The van der Waals surface area contributed by atoms with Gasteiger partial charge in [-0.05, 0) is 64.2 Å². The zero-order chi connectivity index (χ0) is 18.9. The van der Waals surface area contributed by atoms with Crippen LogP contribution in [0.1, 0.15) is 27.9 Å². The highest BCUT2D eigenvalue weighted by atomic mass is 16.5. The number of aldehydes is 1. The van der Waals surface area contributed by atoms with Crippen LogP contribution in [0.3, 0.4) is 0 Å². The predicted octanol–water partition coefficient (Wildman–Crippen LogP) is 4.17. The van der Waals surface area contributed by atoms with Gasteiger partial charge in [-0.2, -0.15) is 0 Å². The van der Waals surface area contributed by atoms with Crippen molar-refractivity contribution < 1.29 is 13.9 Å². The molecule has 1 N–H and O–H groups in total. The molecule has 0 saturated carbocycles. The quantitative estimate of drug-likeness (QED) is 0.532. The first kappa shape index (κ1) is 19.8. The number of fused-ring (bicyclic) bond motifs is 1. The highest BCUT2D eigenvalue weighted by molar-refractivity contribution is 5.84. The molecule has 1 aromatic heterocycles. The van der Waals surface area contributed by atoms with E-state index in [9.17, 15) is 4.79 Å². The second-order valence-electron chi connectivity index (χ2n) is 6.19. The maximum Gasteiger partial charge on any atom is 0.227 e. The van der Waals surface area contributed by atoms with Gasteiger partial charge in [0.05, 0.1) is 0 Å². The number of nitrogens with zero attached hydrogens (tertiary/aromatic N) is 1. The van der Waals surface area contributed by atoms with Gasteiger partial charge in [-0.3, -0.25) is 4.79 Å². The molecular weight excluding hydrogens is 328 g/mol. The summed E-state index contributed by atoms with van der Waals surface area (Å²) in [6, 6.07) is 11.4. The summed E-state index contributed by atoms with van der Waals surface area (Å²) in [7, 11) is 3.66. The molecule has 0 saturated heterocycles. The molecule has 0 unspecified atom stereocenters. The zero-order valence-electron chi connectivity index (χ0n) is 15.8. The van der Waals surface area contributed by atoms with Crippen LogP contribution in [0, 0.1) is 13.8 Å². The third kappa shape index (κ3) is 5.51. The van der Waals surface area contributed by atoms with Crippen LogP contribution in [0.5, 0.6) is 0 Å². The third-order valence-electron chi connectivity index (χ3n) is 3.79. The van der Waals surface area contributed by atoms with E-state index in [4.69, 9.17) is 9.15 Å². The normalized spacial score (nSPS) is 10.5. The summed E-state index contributed by atoms with van der Waals surface area (Å²) in [5, 5.41) is 3.02. The Labute approximate surface area is 154 Å². The molecule has 138 valence electrons. The average Bonchev–Trinajstić information content (AvgIpc) is 3.05. The van der Waals surface area contributed by atoms with Crippen LogP contribution in [-0.4, -0.2) is 38.6 Å². The summed E-state index contributed by atoms with van der Waals surface area (Å²) in [5.74, 6) is 0.588. The van der Waals surface area contributed by atoms with E-state index in [1.807, 2.05) is 33.0 Å². The van der Waals surface area contributed by atoms with E-state index < -0.39 is 0 Å². The molecular formula is C21H26N2O3. The second kappa shape index (κ2) is 9.85. The van der Waals surface area contributed by atoms with Crippen molar-refractivity contribution >= 4 is 17.4 Å². The maximum absolute atomic E-state index is 10.8. The lowest BCUT2D eigenvalue weighted by molar-refractivity contribution is 0.112. The van der Waals surface area contributed by atoms with Gasteiger partial charge in [0.1, 0.15) is 11.8 Å². The van der Waals surface area contributed by atoms with Gasteiger partial charge in [0, 0.05) is 24.8 Å². The molecule has 26 heavy (non-hydrogen) atoms. The van der Waals surface area contributed by atoms with Gasteiger partial charge in [0.15, 0.2) is 5.58 Å². The minimum atomic E-state index is 0.588. The Morgan fingerprint density at radius 1 is 1.15 bits per heavy atom. The van der Waals surface area contributed by atoms with Gasteiger partial charge in [-0.25, -0.2) is 4.98 Å². The van der Waals surface area contributed by atoms with Gasteiger partial charge >= 0.3 is 0 Å². The zero-order valence-corrected chi connectivity index (χ0v) is 15.8. The van der Waals surface area contributed by atoms with Crippen molar-refractivity contribution in [2.75, 3.05) is 27.3 Å². The fraction of sp³-hybridized carbons (Fsp3) is 0.333. The number of oxazole rings is 1. The largest absolute Gasteiger partial charge is 0.436 e. The molecule has 0 aliphatic carbocycles. The van der Waals surface area contributed by atoms with E-state index in [0.29, 0.717) is 17.0 Å². The number of carbonyl (C=O) groups excluding carboxylic acids is 1. The van der Waals surface area contributed by atoms with Crippen molar-refractivity contribution in [2.45, 2.75) is 20.3 Å². The Balaban J connectivity index is 0.000000298. The molecule has 0 radical (unpaired) electrons. The van der Waals surface area contributed by atoms with Crippen LogP contribution in [0.25, 0.3) is 22.6 Å². The minimum Gasteiger partial charge on any atom is -0.436 e. The number of methoxy groups -OCH3 is 1. The van der Waals surface area contributed by atoms with Gasteiger partial charge in [0.25, 0.3) is 0 Å². The van der Waals surface area contributed by atoms with Crippen LogP contribution in [0.15, 0.2) is 40.8 Å². The Bertz CT molecular complexity index is 831. The number of aryl methyl sites for hydroxylation is 2. The Morgan fingerprint density at radius 2 is 1.88 bits per heavy atom. The van der Waals surface area contributed by atoms with Crippen molar-refractivity contribution in [3.8, 4) is 11.5 Å². The molecule has 5 nitrogen and oxygen atoms in total. The van der Waals surface area contributed by atoms with Crippen molar-refractivity contribution in [1.29, 1.82) is 0 Å². The van der Waals surface area contributed by atoms with Crippen molar-refractivity contribution in [3.63, 3.8) is 0 Å². The summed E-state index contributed by atoms with van der Waals surface area (Å²) in [6.07, 6.45) is 1.91. The molecule has 1 heterocycles. The molecule has 5 heteroatoms. The second-order valence-corrected chi connectivity index (χ2v) is 6.19. The monoisotopic (exact) mass is 354 g/mol. The highest BCUT2D eigenvalue weighted by Gasteiger charge is 2.09. The molecule has 0 spiro atoms. The molecule has 3 rings (SSSR count). The number of nitrogens with one attached hydrogen (secondary N) is 1. The maximum atomic E-state index is 10.8. The number of benzene rings is 2. The van der Waals surface area contributed by atoms with Gasteiger partial charge in [-0.1, -0.05) is 17.2 Å². The summed E-state index contributed by atoms with van der Waals surface area (Å²) in [6.45, 7) is 6.00. The highest BCUT2D eigenvalue weighted by Crippen LogP contribution is 2.26. The number of aromatic nitrogens is 1. The number of rotatable bonds is 6. The van der Waals surface area contributed by atoms with Crippen LogP contribution in [-0.2, 0) is 4.74 Å². The van der Waals surface area contributed by atoms with Crippen LogP contribution < -0.4 is 5.32 Å². The van der Waals surface area contributed by atoms with Gasteiger partial charge < -0.3 is 14.5 Å². The lowest BCUT2D eigenvalue weighted by Crippen LogP contribution is -2.09. The van der Waals surface area contributed by atoms with E-state index in [-0.39, 0.29) is 0 Å². The predicted molar refractivity (Wildman–Crippen MR) is 105 cm³/mol. The molecule has 0 aliphatic rings. The Morgan fingerprint density at radius 3 is 2.50 bits per heavy atom. The van der Waals surface area contributed by atoms with E-state index in [1.54, 1.807) is 25.3 Å². The number of hydrogen-bond donors (Lipinski definition) is 1. The van der Waals surface area contributed by atoms with Crippen molar-refractivity contribution in [1.82, 2.24) is 10.3 Å². The lowest BCUT2D eigenvalue weighted by Gasteiger charge is -2.00. The number of hydrogen-bond acceptors (Lipinski definition) is 5. The third-order valence-corrected chi connectivity index (χ3v) is 3.79. The summed E-state index contributed by atoms with van der Waals surface area (Å²) < 4.78 is 10.5. The number of ether oxygens (including phenoxy) is 1. The van der Waals surface area contributed by atoms with Crippen molar-refractivity contribution in [2.24, 2.45) is 0 Å². The van der Waals surface area contributed by atoms with Gasteiger partial charge in [-0.15, -0.1) is 0 Å². The average molecular weight is 354 g/mol. The topological polar surface area (TPSA) is 64.4 Å². The summed E-state index contributed by atoms with van der Waals surface area (Å²) >= 11 is 0. The molecule has 0 amide bonds. The van der Waals surface area contributed by atoms with Crippen molar-refractivity contribution in [3.05, 3.63) is 53.1 Å².